The molecule has 1 heterocycles. The molecule has 4 nitrogen and oxygen atoms in total. The highest BCUT2D eigenvalue weighted by molar-refractivity contribution is 5.79. The van der Waals surface area contributed by atoms with Crippen molar-refractivity contribution in [2.24, 2.45) is 17.6 Å². The van der Waals surface area contributed by atoms with E-state index in [-0.39, 0.29) is 18.1 Å². The maximum absolute atomic E-state index is 12.7. The van der Waals surface area contributed by atoms with Gasteiger partial charge in [-0.05, 0) is 39.2 Å². The number of nitrogens with zero attached hydrogens (tertiary/aromatic N) is 1. The maximum atomic E-state index is 12.7. The third kappa shape index (κ3) is 2.86. The average Bonchev–Trinajstić information content (AvgIpc) is 2.40. The van der Waals surface area contributed by atoms with Gasteiger partial charge in [-0.25, -0.2) is 0 Å². The summed E-state index contributed by atoms with van der Waals surface area (Å²) in [6, 6.07) is 0.203. The zero-order chi connectivity index (χ0) is 13.1. The fourth-order valence-electron chi connectivity index (χ4n) is 3.24. The normalized spacial score (nSPS) is 37.6. The summed E-state index contributed by atoms with van der Waals surface area (Å²) in [7, 11) is 0. The lowest BCUT2D eigenvalue weighted by molar-refractivity contribution is -0.150. The van der Waals surface area contributed by atoms with Gasteiger partial charge in [0, 0.05) is 12.5 Å². The van der Waals surface area contributed by atoms with Crippen molar-refractivity contribution in [3.05, 3.63) is 0 Å². The molecule has 0 radical (unpaired) electrons. The van der Waals surface area contributed by atoms with E-state index in [1.54, 1.807) is 0 Å². The summed E-state index contributed by atoms with van der Waals surface area (Å²) >= 11 is 0. The van der Waals surface area contributed by atoms with E-state index >= 15 is 0 Å². The van der Waals surface area contributed by atoms with Gasteiger partial charge in [0.05, 0.1) is 18.8 Å². The van der Waals surface area contributed by atoms with E-state index in [0.29, 0.717) is 25.0 Å². The number of nitrogens with two attached hydrogens (primary N) is 1. The fourth-order valence-corrected chi connectivity index (χ4v) is 3.24. The molecular formula is C14H26N2O2. The molecule has 2 N–H and O–H groups in total. The van der Waals surface area contributed by atoms with E-state index in [9.17, 15) is 4.79 Å². The van der Waals surface area contributed by atoms with Crippen LogP contribution in [0.4, 0.5) is 0 Å². The monoisotopic (exact) mass is 254 g/mol. The predicted octanol–water partition coefficient (Wildman–Crippen LogP) is 1.39. The molecule has 1 aliphatic heterocycles. The maximum Gasteiger partial charge on any atom is 0.226 e. The summed E-state index contributed by atoms with van der Waals surface area (Å²) in [6.45, 7) is 6.14. The van der Waals surface area contributed by atoms with E-state index in [4.69, 9.17) is 10.5 Å². The van der Waals surface area contributed by atoms with Crippen LogP contribution in [0.2, 0.25) is 0 Å². The van der Waals surface area contributed by atoms with Crippen LogP contribution in [0.15, 0.2) is 0 Å². The van der Waals surface area contributed by atoms with Gasteiger partial charge in [0.1, 0.15) is 0 Å². The molecule has 0 aromatic carbocycles. The van der Waals surface area contributed by atoms with Crippen LogP contribution in [0.1, 0.15) is 39.5 Å². The van der Waals surface area contributed by atoms with Crippen molar-refractivity contribution < 1.29 is 9.53 Å². The van der Waals surface area contributed by atoms with Crippen LogP contribution < -0.4 is 5.73 Å². The standard InChI is InChI=1S/C14H26N2O2/c1-10-9-18-11(2)8-16(10)14(17)13-6-4-3-5-12(13)7-15/h10-13H,3-9,15H2,1-2H3. The largest absolute Gasteiger partial charge is 0.375 e. The minimum Gasteiger partial charge on any atom is -0.375 e. The van der Waals surface area contributed by atoms with Gasteiger partial charge in [0.25, 0.3) is 0 Å². The SMILES string of the molecule is CC1CN(C(=O)C2CCCCC2CN)C(C)CO1. The van der Waals surface area contributed by atoms with Gasteiger partial charge in [0.2, 0.25) is 5.91 Å². The first-order valence-corrected chi connectivity index (χ1v) is 7.25. The molecule has 0 aromatic heterocycles. The second kappa shape index (κ2) is 6.02. The number of ether oxygens (including phenoxy) is 1. The van der Waals surface area contributed by atoms with Crippen LogP contribution in [0, 0.1) is 11.8 Å². The molecule has 4 unspecified atom stereocenters. The zero-order valence-corrected chi connectivity index (χ0v) is 11.6. The molecular weight excluding hydrogens is 228 g/mol. The van der Waals surface area contributed by atoms with E-state index in [1.807, 2.05) is 11.8 Å². The Morgan fingerprint density at radius 2 is 2.06 bits per heavy atom. The number of carbonyl (C=O) groups excluding carboxylic acids is 1. The predicted molar refractivity (Wildman–Crippen MR) is 71.1 cm³/mol. The first kappa shape index (κ1) is 13.8. The van der Waals surface area contributed by atoms with Gasteiger partial charge in [-0.15, -0.1) is 0 Å². The number of hydrogen-bond acceptors (Lipinski definition) is 3. The fraction of sp³-hybridized carbons (Fsp3) is 0.929. The molecule has 1 amide bonds. The number of carbonyl (C=O) groups is 1. The summed E-state index contributed by atoms with van der Waals surface area (Å²) in [5.41, 5.74) is 5.83. The molecule has 4 atom stereocenters. The van der Waals surface area contributed by atoms with Gasteiger partial charge in [0.15, 0.2) is 0 Å². The van der Waals surface area contributed by atoms with Crippen LogP contribution in [0.25, 0.3) is 0 Å². The lowest BCUT2D eigenvalue weighted by Gasteiger charge is -2.41. The zero-order valence-electron chi connectivity index (χ0n) is 11.6. The Bertz CT molecular complexity index is 292. The van der Waals surface area contributed by atoms with Crippen molar-refractivity contribution in [2.45, 2.75) is 51.7 Å². The van der Waals surface area contributed by atoms with Gasteiger partial charge in [-0.1, -0.05) is 12.8 Å². The Morgan fingerprint density at radius 1 is 1.33 bits per heavy atom. The van der Waals surface area contributed by atoms with Crippen molar-refractivity contribution >= 4 is 5.91 Å². The quantitative estimate of drug-likeness (QED) is 0.810. The smallest absolute Gasteiger partial charge is 0.226 e. The van der Waals surface area contributed by atoms with Crippen molar-refractivity contribution in [2.75, 3.05) is 19.7 Å². The molecule has 1 saturated heterocycles. The average molecular weight is 254 g/mol. The third-order valence-corrected chi connectivity index (χ3v) is 4.42. The van der Waals surface area contributed by atoms with Crippen LogP contribution in [0.3, 0.4) is 0 Å². The highest BCUT2D eigenvalue weighted by Gasteiger charge is 2.36. The summed E-state index contributed by atoms with van der Waals surface area (Å²) in [5, 5.41) is 0. The Hall–Kier alpha value is -0.610. The van der Waals surface area contributed by atoms with Crippen LogP contribution >= 0.6 is 0 Å². The third-order valence-electron chi connectivity index (χ3n) is 4.42. The number of amides is 1. The number of morpholine rings is 1. The first-order chi connectivity index (χ1) is 8.63. The molecule has 104 valence electrons. The second-order valence-electron chi connectivity index (χ2n) is 5.87. The Kier molecular flexibility index (Phi) is 4.62. The Morgan fingerprint density at radius 3 is 2.78 bits per heavy atom. The molecule has 2 aliphatic rings. The molecule has 1 aliphatic carbocycles. The van der Waals surface area contributed by atoms with Crippen molar-refractivity contribution in [3.63, 3.8) is 0 Å². The Labute approximate surface area is 110 Å². The lowest BCUT2D eigenvalue weighted by atomic mass is 9.78. The van der Waals surface area contributed by atoms with Crippen molar-refractivity contribution in [3.8, 4) is 0 Å². The number of rotatable bonds is 2. The van der Waals surface area contributed by atoms with Crippen LogP contribution in [-0.4, -0.2) is 42.6 Å². The molecule has 2 fully saturated rings. The first-order valence-electron chi connectivity index (χ1n) is 7.25. The van der Waals surface area contributed by atoms with Crippen LogP contribution in [0.5, 0.6) is 0 Å². The van der Waals surface area contributed by atoms with E-state index in [2.05, 4.69) is 6.92 Å². The lowest BCUT2D eigenvalue weighted by Crippen LogP contribution is -2.53. The van der Waals surface area contributed by atoms with Crippen molar-refractivity contribution in [1.82, 2.24) is 4.90 Å². The van der Waals surface area contributed by atoms with Crippen LogP contribution in [-0.2, 0) is 9.53 Å². The molecule has 2 rings (SSSR count). The van der Waals surface area contributed by atoms with Gasteiger partial charge in [-0.2, -0.15) is 0 Å². The van der Waals surface area contributed by atoms with E-state index < -0.39 is 0 Å². The van der Waals surface area contributed by atoms with Gasteiger partial charge in [-0.3, -0.25) is 4.79 Å². The van der Waals surface area contributed by atoms with Gasteiger partial charge >= 0.3 is 0 Å². The molecule has 0 bridgehead atoms. The van der Waals surface area contributed by atoms with E-state index in [1.165, 1.54) is 12.8 Å². The minimum atomic E-state index is 0.150. The van der Waals surface area contributed by atoms with Gasteiger partial charge < -0.3 is 15.4 Å². The van der Waals surface area contributed by atoms with E-state index in [0.717, 1.165) is 19.4 Å². The highest BCUT2D eigenvalue weighted by Crippen LogP contribution is 2.31. The summed E-state index contributed by atoms with van der Waals surface area (Å²) in [5.74, 6) is 0.848. The molecule has 1 saturated carbocycles. The minimum absolute atomic E-state index is 0.150. The highest BCUT2D eigenvalue weighted by atomic mass is 16.5. The summed E-state index contributed by atoms with van der Waals surface area (Å²) in [6.07, 6.45) is 4.67. The molecule has 0 aromatic rings. The number of hydrogen-bond donors (Lipinski definition) is 1. The summed E-state index contributed by atoms with van der Waals surface area (Å²) in [4.78, 5) is 14.7. The molecule has 18 heavy (non-hydrogen) atoms. The Balaban J connectivity index is 2.04. The summed E-state index contributed by atoms with van der Waals surface area (Å²) < 4.78 is 5.59. The molecule has 4 heteroatoms. The molecule has 0 spiro atoms. The van der Waals surface area contributed by atoms with Crippen molar-refractivity contribution in [1.29, 1.82) is 0 Å². The second-order valence-corrected chi connectivity index (χ2v) is 5.87. The topological polar surface area (TPSA) is 55.6 Å².